The standard InChI is InChI=1S/C15H18N4O3S2/c1-9-6-12-7-11(4-5-13(12)19(9)24(3,21)22)14(20)8-23-15-16-10(2)17-18-15/h4-5,7,9H,6,8H2,1-3H3,(H,16,17,18). The largest absolute Gasteiger partial charge is 0.293 e. The second-order valence-electron chi connectivity index (χ2n) is 5.87. The Morgan fingerprint density at radius 2 is 2.21 bits per heavy atom. The van der Waals surface area contributed by atoms with Gasteiger partial charge >= 0.3 is 0 Å². The normalized spacial score (nSPS) is 17.1. The first-order valence-electron chi connectivity index (χ1n) is 7.43. The van der Waals surface area contributed by atoms with Crippen LogP contribution in [0.25, 0.3) is 0 Å². The van der Waals surface area contributed by atoms with Crippen LogP contribution >= 0.6 is 11.8 Å². The molecule has 0 fully saturated rings. The molecule has 2 aromatic rings. The smallest absolute Gasteiger partial charge is 0.232 e. The quantitative estimate of drug-likeness (QED) is 0.640. The maximum atomic E-state index is 12.4. The maximum Gasteiger partial charge on any atom is 0.232 e. The van der Waals surface area contributed by atoms with Crippen molar-refractivity contribution in [3.8, 4) is 0 Å². The van der Waals surface area contributed by atoms with Crippen molar-refractivity contribution in [2.24, 2.45) is 0 Å². The summed E-state index contributed by atoms with van der Waals surface area (Å²) in [5, 5.41) is 7.26. The number of ketones is 1. The molecule has 1 N–H and O–H groups in total. The summed E-state index contributed by atoms with van der Waals surface area (Å²) in [4.78, 5) is 16.5. The Balaban J connectivity index is 1.77. The number of hydrogen-bond donors (Lipinski definition) is 1. The number of carbonyl (C=O) groups excluding carboxylic acids is 1. The van der Waals surface area contributed by atoms with Gasteiger partial charge in [-0.1, -0.05) is 11.8 Å². The van der Waals surface area contributed by atoms with Crippen molar-refractivity contribution < 1.29 is 13.2 Å². The summed E-state index contributed by atoms with van der Waals surface area (Å²) in [7, 11) is -3.32. The highest BCUT2D eigenvalue weighted by Gasteiger charge is 2.32. The number of fused-ring (bicyclic) bond motifs is 1. The van der Waals surface area contributed by atoms with Gasteiger partial charge in [0.25, 0.3) is 0 Å². The molecule has 3 rings (SSSR count). The molecule has 0 amide bonds. The lowest BCUT2D eigenvalue weighted by Gasteiger charge is -2.21. The molecule has 1 aliphatic rings. The zero-order valence-corrected chi connectivity index (χ0v) is 15.2. The second-order valence-corrected chi connectivity index (χ2v) is 8.67. The molecule has 2 heterocycles. The molecule has 0 aliphatic carbocycles. The van der Waals surface area contributed by atoms with Gasteiger partial charge in [-0.2, -0.15) is 0 Å². The van der Waals surface area contributed by atoms with Crippen LogP contribution in [0.5, 0.6) is 0 Å². The molecule has 1 aromatic carbocycles. The monoisotopic (exact) mass is 366 g/mol. The number of aromatic nitrogens is 3. The van der Waals surface area contributed by atoms with E-state index in [1.54, 1.807) is 25.1 Å². The molecule has 1 aliphatic heterocycles. The highest BCUT2D eigenvalue weighted by atomic mass is 32.2. The number of aromatic amines is 1. The number of H-pyrrole nitrogens is 1. The predicted octanol–water partition coefficient (Wildman–Crippen LogP) is 1.80. The Labute approximate surface area is 144 Å². The number of benzene rings is 1. The van der Waals surface area contributed by atoms with Crippen LogP contribution in [0.2, 0.25) is 0 Å². The summed E-state index contributed by atoms with van der Waals surface area (Å²) in [5.74, 6) is 0.912. The molecule has 9 heteroatoms. The number of anilines is 1. The Bertz CT molecular complexity index is 892. The van der Waals surface area contributed by atoms with Gasteiger partial charge in [-0.15, -0.1) is 5.10 Å². The Hall–Kier alpha value is -1.87. The minimum absolute atomic E-state index is 0.0317. The molecule has 24 heavy (non-hydrogen) atoms. The molecule has 1 unspecified atom stereocenters. The minimum Gasteiger partial charge on any atom is -0.293 e. The fraction of sp³-hybridized carbons (Fsp3) is 0.400. The van der Waals surface area contributed by atoms with Crippen molar-refractivity contribution in [2.75, 3.05) is 16.3 Å². The van der Waals surface area contributed by atoms with Crippen molar-refractivity contribution in [1.29, 1.82) is 0 Å². The van der Waals surface area contributed by atoms with Crippen LogP contribution in [0.4, 0.5) is 5.69 Å². The third kappa shape index (κ3) is 3.32. The van der Waals surface area contributed by atoms with Gasteiger partial charge in [-0.3, -0.25) is 14.2 Å². The number of carbonyl (C=O) groups is 1. The highest BCUT2D eigenvalue weighted by molar-refractivity contribution is 7.99. The molecule has 0 spiro atoms. The van der Waals surface area contributed by atoms with Crippen molar-refractivity contribution in [1.82, 2.24) is 15.2 Å². The summed E-state index contributed by atoms with van der Waals surface area (Å²) >= 11 is 1.27. The van der Waals surface area contributed by atoms with Crippen LogP contribution in [0.3, 0.4) is 0 Å². The van der Waals surface area contributed by atoms with Gasteiger partial charge in [0.1, 0.15) is 5.82 Å². The van der Waals surface area contributed by atoms with Crippen LogP contribution in [0, 0.1) is 6.92 Å². The number of rotatable bonds is 5. The Morgan fingerprint density at radius 1 is 1.46 bits per heavy atom. The first kappa shape index (κ1) is 17.0. The minimum atomic E-state index is -3.32. The van der Waals surface area contributed by atoms with Crippen molar-refractivity contribution in [3.05, 3.63) is 35.2 Å². The molecule has 0 saturated heterocycles. The van der Waals surface area contributed by atoms with Crippen molar-refractivity contribution >= 4 is 33.3 Å². The maximum absolute atomic E-state index is 12.4. The van der Waals surface area contributed by atoms with E-state index in [4.69, 9.17) is 0 Å². The Morgan fingerprint density at radius 3 is 2.83 bits per heavy atom. The lowest BCUT2D eigenvalue weighted by Crippen LogP contribution is -2.34. The van der Waals surface area contributed by atoms with Crippen LogP contribution in [0.1, 0.15) is 28.7 Å². The number of Topliss-reactive ketones (excluding diaryl/α,β-unsaturated/α-hetero) is 1. The summed E-state index contributed by atoms with van der Waals surface area (Å²) < 4.78 is 25.3. The van der Waals surface area contributed by atoms with Gasteiger partial charge in [0, 0.05) is 11.6 Å². The topological polar surface area (TPSA) is 96.0 Å². The van der Waals surface area contributed by atoms with E-state index < -0.39 is 10.0 Å². The first-order valence-corrected chi connectivity index (χ1v) is 10.3. The van der Waals surface area contributed by atoms with Gasteiger partial charge in [-0.05, 0) is 44.0 Å². The summed E-state index contributed by atoms with van der Waals surface area (Å²) in [6, 6.07) is 5.06. The fourth-order valence-corrected chi connectivity index (χ4v) is 4.88. The van der Waals surface area contributed by atoms with Gasteiger partial charge in [0.15, 0.2) is 5.78 Å². The third-order valence-electron chi connectivity index (χ3n) is 3.82. The van der Waals surface area contributed by atoms with Gasteiger partial charge < -0.3 is 0 Å². The molecular weight excluding hydrogens is 348 g/mol. The van der Waals surface area contributed by atoms with E-state index in [-0.39, 0.29) is 17.6 Å². The molecular formula is C15H18N4O3S2. The van der Waals surface area contributed by atoms with Gasteiger partial charge in [0.2, 0.25) is 15.2 Å². The lowest BCUT2D eigenvalue weighted by molar-refractivity contribution is 0.102. The molecule has 1 atom stereocenters. The van der Waals surface area contributed by atoms with E-state index in [1.165, 1.54) is 22.3 Å². The number of aryl methyl sites for hydroxylation is 1. The zero-order chi connectivity index (χ0) is 17.5. The average molecular weight is 366 g/mol. The Kier molecular flexibility index (Phi) is 4.39. The van der Waals surface area contributed by atoms with E-state index in [1.807, 2.05) is 6.92 Å². The number of nitrogens with zero attached hydrogens (tertiary/aromatic N) is 3. The number of hydrogen-bond acceptors (Lipinski definition) is 6. The highest BCUT2D eigenvalue weighted by Crippen LogP contribution is 2.35. The third-order valence-corrected chi connectivity index (χ3v) is 5.94. The number of thioether (sulfide) groups is 1. The van der Waals surface area contributed by atoms with E-state index >= 15 is 0 Å². The number of sulfonamides is 1. The summed E-state index contributed by atoms with van der Waals surface area (Å²) in [5.41, 5.74) is 2.13. The van der Waals surface area contributed by atoms with Crippen LogP contribution in [-0.4, -0.2) is 47.4 Å². The van der Waals surface area contributed by atoms with E-state index in [9.17, 15) is 13.2 Å². The molecule has 0 saturated carbocycles. The molecule has 7 nitrogen and oxygen atoms in total. The van der Waals surface area contributed by atoms with Crippen LogP contribution in [0.15, 0.2) is 23.4 Å². The van der Waals surface area contributed by atoms with Crippen LogP contribution in [-0.2, 0) is 16.4 Å². The van der Waals surface area contributed by atoms with Gasteiger partial charge in [-0.25, -0.2) is 13.4 Å². The second kappa shape index (κ2) is 6.21. The first-order chi connectivity index (χ1) is 11.3. The average Bonchev–Trinajstić information content (AvgIpc) is 3.05. The van der Waals surface area contributed by atoms with Crippen LogP contribution < -0.4 is 4.31 Å². The molecule has 128 valence electrons. The van der Waals surface area contributed by atoms with Gasteiger partial charge in [0.05, 0.1) is 17.7 Å². The van der Waals surface area contributed by atoms with E-state index in [2.05, 4.69) is 15.2 Å². The lowest BCUT2D eigenvalue weighted by atomic mass is 10.0. The zero-order valence-electron chi connectivity index (χ0n) is 13.6. The number of nitrogens with one attached hydrogen (secondary N) is 1. The molecule has 0 bridgehead atoms. The predicted molar refractivity (Wildman–Crippen MR) is 93.1 cm³/mol. The summed E-state index contributed by atoms with van der Waals surface area (Å²) in [6.07, 6.45) is 1.81. The SMILES string of the molecule is Cc1nc(SCC(=O)c2ccc3c(c2)CC(C)N3S(C)(=O)=O)n[nH]1. The van der Waals surface area contributed by atoms with E-state index in [0.29, 0.717) is 28.7 Å². The molecule has 1 aromatic heterocycles. The fourth-order valence-electron chi connectivity index (χ4n) is 2.88. The van der Waals surface area contributed by atoms with E-state index in [0.717, 1.165) is 5.56 Å². The van der Waals surface area contributed by atoms with Crippen molar-refractivity contribution in [2.45, 2.75) is 31.5 Å². The van der Waals surface area contributed by atoms with Crippen molar-refractivity contribution in [3.63, 3.8) is 0 Å². The summed E-state index contributed by atoms with van der Waals surface area (Å²) in [6.45, 7) is 3.66. The molecule has 0 radical (unpaired) electrons.